The molecule has 5 rings (SSSR count). The average Bonchev–Trinajstić information content (AvgIpc) is 3.68. The summed E-state index contributed by atoms with van der Waals surface area (Å²) in [6.45, 7) is 15.7. The molecule has 0 spiro atoms. The molecule has 2 aliphatic carbocycles. The van der Waals surface area contributed by atoms with Gasteiger partial charge in [-0.05, 0) is 98.3 Å². The number of rotatable bonds is 6. The topological polar surface area (TPSA) is 19.0 Å². The molecule has 2 aliphatic heterocycles. The molecular weight excluding hydrogens is 454 g/mol. The Morgan fingerprint density at radius 2 is 1.46 bits per heavy atom. The summed E-state index contributed by atoms with van der Waals surface area (Å²) in [4.78, 5) is 8.05. The van der Waals surface area contributed by atoms with Crippen LogP contribution in [0.3, 0.4) is 0 Å². The molecule has 4 nitrogen and oxygen atoms in total. The van der Waals surface area contributed by atoms with E-state index in [0.717, 1.165) is 43.7 Å². The summed E-state index contributed by atoms with van der Waals surface area (Å²) in [5.41, 5.74) is 5.08. The van der Waals surface area contributed by atoms with Gasteiger partial charge in [-0.2, -0.15) is 0 Å². The highest BCUT2D eigenvalue weighted by molar-refractivity contribution is 5.85. The number of halogens is 1. The Hall–Kier alpha value is -0.970. The van der Waals surface area contributed by atoms with Crippen LogP contribution in [0.4, 0.5) is 11.4 Å². The van der Waals surface area contributed by atoms with Crippen molar-refractivity contribution in [3.63, 3.8) is 0 Å². The number of piperazine rings is 1. The molecule has 0 bridgehead atoms. The first-order valence-corrected chi connectivity index (χ1v) is 14.3. The number of anilines is 2. The standard InChI is InChI=1S/C30H49N3O.ClH/c1-30(2,3)25-9-7-24(8-10-25)28-21-26(32-15-13-27(34-4)14-16-32)11-12-29(28)33-19-17-31(18-20-33)22-23-5-6-23;/h11-12,21,23-25,27H,5-10,13-20,22H2,1-4H3;1H. The summed E-state index contributed by atoms with van der Waals surface area (Å²) in [5, 5.41) is 0. The van der Waals surface area contributed by atoms with Crippen LogP contribution in [0.1, 0.15) is 83.6 Å². The molecule has 0 unspecified atom stereocenters. The molecule has 0 atom stereocenters. The molecule has 4 aliphatic rings. The lowest BCUT2D eigenvalue weighted by atomic mass is 9.68. The van der Waals surface area contributed by atoms with Gasteiger partial charge < -0.3 is 14.5 Å². The molecular formula is C30H50ClN3O. The average molecular weight is 504 g/mol. The summed E-state index contributed by atoms with van der Waals surface area (Å²) in [6.07, 6.45) is 11.1. The number of hydrogen-bond donors (Lipinski definition) is 0. The Morgan fingerprint density at radius 3 is 2.03 bits per heavy atom. The van der Waals surface area contributed by atoms with Crippen LogP contribution in [-0.2, 0) is 4.74 Å². The van der Waals surface area contributed by atoms with Crippen molar-refractivity contribution in [3.05, 3.63) is 23.8 Å². The lowest BCUT2D eigenvalue weighted by Gasteiger charge is -2.41. The van der Waals surface area contributed by atoms with Gasteiger partial charge in [-0.15, -0.1) is 12.4 Å². The predicted molar refractivity (Wildman–Crippen MR) is 151 cm³/mol. The van der Waals surface area contributed by atoms with Gasteiger partial charge in [-0.25, -0.2) is 0 Å². The van der Waals surface area contributed by atoms with Crippen molar-refractivity contribution in [3.8, 4) is 0 Å². The van der Waals surface area contributed by atoms with Gasteiger partial charge in [-0.1, -0.05) is 20.8 Å². The number of hydrogen-bond acceptors (Lipinski definition) is 4. The lowest BCUT2D eigenvalue weighted by Crippen LogP contribution is -2.47. The third-order valence-corrected chi connectivity index (χ3v) is 9.47. The molecule has 5 heteroatoms. The van der Waals surface area contributed by atoms with Gasteiger partial charge in [0.15, 0.2) is 0 Å². The fourth-order valence-electron chi connectivity index (χ4n) is 6.81. The fraction of sp³-hybridized carbons (Fsp3) is 0.800. The van der Waals surface area contributed by atoms with Crippen LogP contribution in [0, 0.1) is 17.3 Å². The highest BCUT2D eigenvalue weighted by atomic mass is 35.5. The van der Waals surface area contributed by atoms with Crippen molar-refractivity contribution in [1.82, 2.24) is 4.90 Å². The maximum absolute atomic E-state index is 5.63. The molecule has 35 heavy (non-hydrogen) atoms. The molecule has 0 N–H and O–H groups in total. The van der Waals surface area contributed by atoms with Gasteiger partial charge in [0.25, 0.3) is 0 Å². The molecule has 0 radical (unpaired) electrons. The first kappa shape index (κ1) is 27.1. The zero-order chi connectivity index (χ0) is 23.7. The summed E-state index contributed by atoms with van der Waals surface area (Å²) >= 11 is 0. The Bertz CT molecular complexity index is 796. The molecule has 2 saturated carbocycles. The van der Waals surface area contributed by atoms with Crippen molar-refractivity contribution in [1.29, 1.82) is 0 Å². The second kappa shape index (κ2) is 11.6. The quantitative estimate of drug-likeness (QED) is 0.436. The van der Waals surface area contributed by atoms with E-state index >= 15 is 0 Å². The Labute approximate surface area is 221 Å². The number of methoxy groups -OCH3 is 1. The molecule has 1 aromatic rings. The molecule has 4 fully saturated rings. The Balaban J connectivity index is 0.00000289. The van der Waals surface area contributed by atoms with E-state index in [2.05, 4.69) is 53.7 Å². The van der Waals surface area contributed by atoms with Gasteiger partial charge in [0.05, 0.1) is 6.10 Å². The van der Waals surface area contributed by atoms with Crippen LogP contribution < -0.4 is 9.80 Å². The zero-order valence-electron chi connectivity index (χ0n) is 22.8. The van der Waals surface area contributed by atoms with E-state index in [1.807, 2.05) is 7.11 Å². The third-order valence-electron chi connectivity index (χ3n) is 9.47. The van der Waals surface area contributed by atoms with Crippen molar-refractivity contribution < 1.29 is 4.74 Å². The van der Waals surface area contributed by atoms with E-state index in [0.29, 0.717) is 11.5 Å². The van der Waals surface area contributed by atoms with Crippen LogP contribution in [0.25, 0.3) is 0 Å². The third kappa shape index (κ3) is 6.67. The molecule has 2 saturated heterocycles. The lowest BCUT2D eigenvalue weighted by molar-refractivity contribution is 0.0819. The van der Waals surface area contributed by atoms with E-state index in [1.165, 1.54) is 76.9 Å². The molecule has 2 heterocycles. The van der Waals surface area contributed by atoms with Crippen molar-refractivity contribution >= 4 is 23.8 Å². The van der Waals surface area contributed by atoms with Crippen molar-refractivity contribution in [2.45, 2.75) is 84.2 Å². The Kier molecular flexibility index (Phi) is 8.98. The highest BCUT2D eigenvalue weighted by Crippen LogP contribution is 2.46. The Morgan fingerprint density at radius 1 is 0.800 bits per heavy atom. The largest absolute Gasteiger partial charge is 0.381 e. The van der Waals surface area contributed by atoms with E-state index in [1.54, 1.807) is 11.3 Å². The van der Waals surface area contributed by atoms with Gasteiger partial charge in [0.1, 0.15) is 0 Å². The number of piperidine rings is 1. The SMILES string of the molecule is COC1CCN(c2ccc(N3CCN(CC4CC4)CC3)c(C3CCC(C(C)(C)C)CC3)c2)CC1.Cl. The molecule has 0 aromatic heterocycles. The molecule has 198 valence electrons. The van der Waals surface area contributed by atoms with Crippen molar-refractivity contribution in [2.75, 3.05) is 62.7 Å². The van der Waals surface area contributed by atoms with Gasteiger partial charge in [0, 0.05) is 64.3 Å². The van der Waals surface area contributed by atoms with Crippen LogP contribution in [-0.4, -0.2) is 63.9 Å². The van der Waals surface area contributed by atoms with Crippen molar-refractivity contribution in [2.24, 2.45) is 17.3 Å². The van der Waals surface area contributed by atoms with Gasteiger partial charge in [0.2, 0.25) is 0 Å². The number of ether oxygens (including phenoxy) is 1. The van der Waals surface area contributed by atoms with Gasteiger partial charge >= 0.3 is 0 Å². The predicted octanol–water partition coefficient (Wildman–Crippen LogP) is 6.58. The van der Waals surface area contributed by atoms with Crippen LogP contribution >= 0.6 is 12.4 Å². The molecule has 1 aromatic carbocycles. The molecule has 0 amide bonds. The monoisotopic (exact) mass is 503 g/mol. The van der Waals surface area contributed by atoms with Crippen LogP contribution in [0.2, 0.25) is 0 Å². The highest BCUT2D eigenvalue weighted by Gasteiger charge is 2.33. The first-order valence-electron chi connectivity index (χ1n) is 14.3. The van der Waals surface area contributed by atoms with Crippen LogP contribution in [0.5, 0.6) is 0 Å². The van der Waals surface area contributed by atoms with Crippen LogP contribution in [0.15, 0.2) is 18.2 Å². The van der Waals surface area contributed by atoms with E-state index < -0.39 is 0 Å². The van der Waals surface area contributed by atoms with E-state index in [9.17, 15) is 0 Å². The second-order valence-electron chi connectivity index (χ2n) is 12.8. The summed E-state index contributed by atoms with van der Waals surface area (Å²) in [7, 11) is 1.87. The second-order valence-corrected chi connectivity index (χ2v) is 12.8. The maximum atomic E-state index is 5.63. The summed E-state index contributed by atoms with van der Waals surface area (Å²) in [5.74, 6) is 2.59. The van der Waals surface area contributed by atoms with E-state index in [4.69, 9.17) is 4.74 Å². The summed E-state index contributed by atoms with van der Waals surface area (Å²) < 4.78 is 5.63. The van der Waals surface area contributed by atoms with Gasteiger partial charge in [-0.3, -0.25) is 4.90 Å². The summed E-state index contributed by atoms with van der Waals surface area (Å²) in [6, 6.07) is 7.50. The number of benzene rings is 1. The maximum Gasteiger partial charge on any atom is 0.0605 e. The minimum atomic E-state index is 0. The zero-order valence-corrected chi connectivity index (χ0v) is 23.6. The van der Waals surface area contributed by atoms with E-state index in [-0.39, 0.29) is 12.4 Å². The minimum absolute atomic E-state index is 0. The normalized spacial score (nSPS) is 27.1. The fourth-order valence-corrected chi connectivity index (χ4v) is 6.81. The minimum Gasteiger partial charge on any atom is -0.381 e. The number of nitrogens with zero attached hydrogens (tertiary/aromatic N) is 3. The smallest absolute Gasteiger partial charge is 0.0605 e. The first-order chi connectivity index (χ1) is 16.4.